The fourth-order valence-corrected chi connectivity index (χ4v) is 4.63. The molecule has 1 aliphatic carbocycles. The van der Waals surface area contributed by atoms with E-state index in [1.807, 2.05) is 13.8 Å². The van der Waals surface area contributed by atoms with Crippen LogP contribution in [0.5, 0.6) is 0 Å². The Hall–Kier alpha value is -1.77. The molecule has 2 N–H and O–H groups in total. The molecular weight excluding hydrogens is 454 g/mol. The van der Waals surface area contributed by atoms with Gasteiger partial charge in [-0.1, -0.05) is 56.3 Å². The minimum atomic E-state index is -0.834. The number of amides is 2. The van der Waals surface area contributed by atoms with Gasteiger partial charge in [0.05, 0.1) is 23.1 Å². The molecule has 32 heavy (non-hydrogen) atoms. The highest BCUT2D eigenvalue weighted by Gasteiger charge is 2.48. The molecule has 0 aromatic heterocycles. The highest BCUT2D eigenvalue weighted by Crippen LogP contribution is 2.32. The molecule has 2 fully saturated rings. The highest BCUT2D eigenvalue weighted by atomic mass is 35.5. The molecule has 1 saturated carbocycles. The maximum Gasteiger partial charge on any atom is 0.552 e. The lowest BCUT2D eigenvalue weighted by Crippen LogP contribution is -2.51. The van der Waals surface area contributed by atoms with Crippen molar-refractivity contribution >= 4 is 48.1 Å². The topological polar surface area (TPSA) is 93.7 Å². The Labute approximate surface area is 199 Å². The first-order chi connectivity index (χ1) is 15.2. The molecule has 10 heteroatoms. The minimum Gasteiger partial charge on any atom is -0.506 e. The van der Waals surface area contributed by atoms with Crippen LogP contribution in [0.2, 0.25) is 10.0 Å². The van der Waals surface area contributed by atoms with Crippen molar-refractivity contribution in [1.29, 1.82) is 0 Å². The molecule has 1 heterocycles. The Morgan fingerprint density at radius 3 is 2.59 bits per heavy atom. The zero-order chi connectivity index (χ0) is 23.3. The normalized spacial score (nSPS) is 20.2. The molecule has 0 radical (unpaired) electrons. The average Bonchev–Trinajstić information content (AvgIpc) is 3.15. The van der Waals surface area contributed by atoms with Crippen molar-refractivity contribution in [3.8, 4) is 0 Å². The molecular formula is C22H29BCl2N2O5. The van der Waals surface area contributed by atoms with E-state index in [-0.39, 0.29) is 34.9 Å². The second-order valence-electron chi connectivity index (χ2n) is 8.87. The number of carbonyl (C=O) groups excluding carboxylic acids is 3. The molecule has 174 valence electrons. The molecule has 3 rings (SSSR count). The first-order valence-corrected chi connectivity index (χ1v) is 11.9. The summed E-state index contributed by atoms with van der Waals surface area (Å²) in [7, 11) is -0.834. The van der Waals surface area contributed by atoms with Crippen LogP contribution in [-0.4, -0.2) is 43.5 Å². The molecule has 1 aromatic carbocycles. The van der Waals surface area contributed by atoms with Gasteiger partial charge < -0.3 is 19.9 Å². The van der Waals surface area contributed by atoms with E-state index in [9.17, 15) is 14.4 Å². The van der Waals surface area contributed by atoms with E-state index in [2.05, 4.69) is 10.6 Å². The predicted octanol–water partition coefficient (Wildman–Crippen LogP) is 3.80. The molecule has 2 amide bonds. The van der Waals surface area contributed by atoms with E-state index in [1.165, 1.54) is 18.6 Å². The summed E-state index contributed by atoms with van der Waals surface area (Å²) in [5.41, 5.74) is 0.189. The van der Waals surface area contributed by atoms with Crippen LogP contribution in [0.1, 0.15) is 62.7 Å². The Morgan fingerprint density at radius 1 is 1.19 bits per heavy atom. The Morgan fingerprint density at radius 2 is 1.91 bits per heavy atom. The van der Waals surface area contributed by atoms with E-state index in [1.54, 1.807) is 6.07 Å². The number of nitrogens with one attached hydrogen (secondary N) is 2. The van der Waals surface area contributed by atoms with Gasteiger partial charge in [0.1, 0.15) is 6.10 Å². The lowest BCUT2D eigenvalue weighted by atomic mass is 9.74. The van der Waals surface area contributed by atoms with Crippen LogP contribution in [0.15, 0.2) is 18.2 Å². The lowest BCUT2D eigenvalue weighted by molar-refractivity contribution is -0.138. The Kier molecular flexibility index (Phi) is 8.85. The second-order valence-corrected chi connectivity index (χ2v) is 9.71. The monoisotopic (exact) mass is 482 g/mol. The first-order valence-electron chi connectivity index (χ1n) is 11.1. The molecule has 1 aliphatic heterocycles. The van der Waals surface area contributed by atoms with Crippen LogP contribution in [0, 0.1) is 11.8 Å². The first kappa shape index (κ1) is 24.9. The van der Waals surface area contributed by atoms with E-state index < -0.39 is 31.0 Å². The molecule has 0 bridgehead atoms. The van der Waals surface area contributed by atoms with Crippen LogP contribution in [0.25, 0.3) is 0 Å². The summed E-state index contributed by atoms with van der Waals surface area (Å²) >= 11 is 12.0. The number of carbonyl (C=O) groups is 3. The van der Waals surface area contributed by atoms with E-state index in [4.69, 9.17) is 32.5 Å². The van der Waals surface area contributed by atoms with Crippen molar-refractivity contribution in [1.82, 2.24) is 10.6 Å². The fourth-order valence-electron chi connectivity index (χ4n) is 4.26. The van der Waals surface area contributed by atoms with Crippen LogP contribution in [0.3, 0.4) is 0 Å². The van der Waals surface area contributed by atoms with Gasteiger partial charge in [-0.25, -0.2) is 0 Å². The summed E-state index contributed by atoms with van der Waals surface area (Å²) in [6.45, 7) is 3.76. The molecule has 2 atom stereocenters. The third kappa shape index (κ3) is 6.62. The van der Waals surface area contributed by atoms with Gasteiger partial charge in [-0.3, -0.25) is 14.4 Å². The Balaban J connectivity index is 1.57. The van der Waals surface area contributed by atoms with Gasteiger partial charge in [-0.15, -0.1) is 0 Å². The third-order valence-corrected chi connectivity index (χ3v) is 6.37. The maximum absolute atomic E-state index is 12.6. The van der Waals surface area contributed by atoms with Gasteiger partial charge in [0.2, 0.25) is 5.91 Å². The molecule has 0 spiro atoms. The number of hydrogen-bond donors (Lipinski definition) is 2. The van der Waals surface area contributed by atoms with Crippen molar-refractivity contribution in [2.24, 2.45) is 11.8 Å². The predicted molar refractivity (Wildman–Crippen MR) is 123 cm³/mol. The van der Waals surface area contributed by atoms with E-state index in [0.29, 0.717) is 11.4 Å². The third-order valence-electron chi connectivity index (χ3n) is 5.81. The van der Waals surface area contributed by atoms with Gasteiger partial charge in [-0.2, -0.15) is 0 Å². The molecule has 2 aliphatic rings. The largest absolute Gasteiger partial charge is 0.552 e. The number of halogens is 2. The zero-order valence-electron chi connectivity index (χ0n) is 18.4. The van der Waals surface area contributed by atoms with Gasteiger partial charge in [0.25, 0.3) is 5.91 Å². The molecule has 0 unspecified atom stereocenters. The second kappa shape index (κ2) is 11.4. The number of hydrogen-bond acceptors (Lipinski definition) is 5. The standard InChI is InChI=1S/C22H29BCl2N2O5/c1-13(2)10-18(23-31-20(22(30)32-23)14-6-4-3-5-7-14)27-19(28)12-26-21(29)16-11-15(24)8-9-17(16)25/h8-9,11,13-14,18,20H,3-7,10,12H2,1-2H3,(H,26,29)(H,27,28)/t18-,20-/m0/s1. The van der Waals surface area contributed by atoms with Gasteiger partial charge in [-0.05, 0) is 49.3 Å². The summed E-state index contributed by atoms with van der Waals surface area (Å²) in [5.74, 6) is -1.38. The van der Waals surface area contributed by atoms with Crippen molar-refractivity contribution in [2.75, 3.05) is 6.54 Å². The van der Waals surface area contributed by atoms with Crippen LogP contribution < -0.4 is 10.6 Å². The molecule has 1 saturated heterocycles. The maximum atomic E-state index is 12.6. The smallest absolute Gasteiger partial charge is 0.506 e. The van der Waals surface area contributed by atoms with Crippen molar-refractivity contribution in [2.45, 2.75) is 64.4 Å². The average molecular weight is 483 g/mol. The lowest BCUT2D eigenvalue weighted by Gasteiger charge is -2.25. The summed E-state index contributed by atoms with van der Waals surface area (Å²) in [6, 6.07) is 4.54. The van der Waals surface area contributed by atoms with Crippen molar-refractivity contribution in [3.05, 3.63) is 33.8 Å². The number of benzene rings is 1. The summed E-state index contributed by atoms with van der Waals surface area (Å²) in [5, 5.41) is 6.00. The van der Waals surface area contributed by atoms with E-state index >= 15 is 0 Å². The Bertz CT molecular complexity index is 848. The highest BCUT2D eigenvalue weighted by molar-refractivity contribution is 6.51. The van der Waals surface area contributed by atoms with Crippen LogP contribution in [-0.2, 0) is 18.9 Å². The van der Waals surface area contributed by atoms with Crippen molar-refractivity contribution < 1.29 is 23.7 Å². The van der Waals surface area contributed by atoms with Crippen LogP contribution >= 0.6 is 23.2 Å². The quantitative estimate of drug-likeness (QED) is 0.549. The molecule has 7 nitrogen and oxygen atoms in total. The van der Waals surface area contributed by atoms with Crippen molar-refractivity contribution in [3.63, 3.8) is 0 Å². The van der Waals surface area contributed by atoms with Gasteiger partial charge in [0, 0.05) is 5.02 Å². The number of rotatable bonds is 8. The van der Waals surface area contributed by atoms with Crippen LogP contribution in [0.4, 0.5) is 0 Å². The molecule has 1 aromatic rings. The SMILES string of the molecule is CC(C)C[C@H](NC(=O)CNC(=O)c1cc(Cl)ccc1Cl)B1OC(=O)[C@H](C2CCCCC2)O1. The van der Waals surface area contributed by atoms with E-state index in [0.717, 1.165) is 25.7 Å². The fraction of sp³-hybridized carbons (Fsp3) is 0.591. The summed E-state index contributed by atoms with van der Waals surface area (Å²) in [6.07, 6.45) is 5.25. The summed E-state index contributed by atoms with van der Waals surface area (Å²) in [4.78, 5) is 37.4. The zero-order valence-corrected chi connectivity index (χ0v) is 19.9. The van der Waals surface area contributed by atoms with Gasteiger partial charge in [0.15, 0.2) is 0 Å². The van der Waals surface area contributed by atoms with Gasteiger partial charge >= 0.3 is 13.1 Å². The summed E-state index contributed by atoms with van der Waals surface area (Å²) < 4.78 is 11.5. The minimum absolute atomic E-state index is 0.165.